The molecule has 0 aromatic heterocycles. The normalized spacial score (nSPS) is 18.9. The lowest BCUT2D eigenvalue weighted by atomic mass is 9.76. The van der Waals surface area contributed by atoms with Gasteiger partial charge in [-0.2, -0.15) is 13.2 Å². The summed E-state index contributed by atoms with van der Waals surface area (Å²) in [5.74, 6) is -0.638. The van der Waals surface area contributed by atoms with E-state index in [1.807, 2.05) is 0 Å². The number of hydrogen-bond donors (Lipinski definition) is 1. The summed E-state index contributed by atoms with van der Waals surface area (Å²) in [6.45, 7) is 0. The smallest absolute Gasteiger partial charge is 0.324 e. The van der Waals surface area contributed by atoms with Crippen LogP contribution >= 0.6 is 0 Å². The minimum atomic E-state index is -4.48. The molecule has 0 saturated heterocycles. The average Bonchev–Trinajstić information content (AvgIpc) is 2.12. The molecule has 1 aromatic carbocycles. The third kappa shape index (κ3) is 2.44. The van der Waals surface area contributed by atoms with Gasteiger partial charge in [0.1, 0.15) is 5.82 Å². The summed E-state index contributed by atoms with van der Waals surface area (Å²) in [6.07, 6.45) is -1.87. The van der Waals surface area contributed by atoms with E-state index in [1.165, 1.54) is 0 Å². The first-order valence-corrected chi connectivity index (χ1v) is 5.52. The third-order valence-corrected chi connectivity index (χ3v) is 3.34. The Labute approximate surface area is 96.6 Å². The lowest BCUT2D eigenvalue weighted by molar-refractivity contribution is -0.138. The van der Waals surface area contributed by atoms with Gasteiger partial charge >= 0.3 is 6.18 Å². The first kappa shape index (κ1) is 12.4. The van der Waals surface area contributed by atoms with E-state index in [0.717, 1.165) is 37.5 Å². The average molecular weight is 247 g/mol. The van der Waals surface area contributed by atoms with Crippen LogP contribution in [-0.4, -0.2) is 0 Å². The minimum Gasteiger partial charge on any atom is -0.324 e. The second-order valence-corrected chi connectivity index (χ2v) is 4.45. The number of alkyl halides is 3. The van der Waals surface area contributed by atoms with Crippen molar-refractivity contribution in [2.45, 2.75) is 31.5 Å². The van der Waals surface area contributed by atoms with E-state index in [9.17, 15) is 17.6 Å². The molecule has 1 saturated carbocycles. The van der Waals surface area contributed by atoms with Crippen LogP contribution in [0.2, 0.25) is 0 Å². The number of benzene rings is 1. The maximum Gasteiger partial charge on any atom is 0.416 e. The fourth-order valence-corrected chi connectivity index (χ4v) is 2.12. The summed E-state index contributed by atoms with van der Waals surface area (Å²) in [7, 11) is 0. The molecular weight excluding hydrogens is 234 g/mol. The summed E-state index contributed by atoms with van der Waals surface area (Å²) >= 11 is 0. The summed E-state index contributed by atoms with van der Waals surface area (Å²) in [6, 6.07) is 1.77. The highest BCUT2D eigenvalue weighted by Gasteiger charge is 2.37. The molecule has 1 nitrogen and oxygen atoms in total. The summed E-state index contributed by atoms with van der Waals surface area (Å²) in [4.78, 5) is 0. The summed E-state index contributed by atoms with van der Waals surface area (Å²) in [5.41, 5.74) is 4.86. The van der Waals surface area contributed by atoms with Crippen molar-refractivity contribution in [3.63, 3.8) is 0 Å². The Bertz CT molecular complexity index is 409. The van der Waals surface area contributed by atoms with Crippen molar-refractivity contribution in [3.8, 4) is 0 Å². The standard InChI is InChI=1S/C12H13F4N/c13-8-4-5-10(12(14,15)16)9(6-8)11(17)7-2-1-3-7/h4-7,11H,1-3,17H2/t11-/m0/s1. The molecule has 2 rings (SSSR count). The first-order valence-electron chi connectivity index (χ1n) is 5.52. The molecule has 0 bridgehead atoms. The Hall–Kier alpha value is -1.10. The van der Waals surface area contributed by atoms with Crippen molar-refractivity contribution < 1.29 is 17.6 Å². The van der Waals surface area contributed by atoms with Crippen LogP contribution < -0.4 is 5.73 Å². The van der Waals surface area contributed by atoms with Crippen molar-refractivity contribution >= 4 is 0 Å². The van der Waals surface area contributed by atoms with Crippen LogP contribution in [0.15, 0.2) is 18.2 Å². The zero-order chi connectivity index (χ0) is 12.6. The quantitative estimate of drug-likeness (QED) is 0.793. The van der Waals surface area contributed by atoms with Crippen molar-refractivity contribution in [1.82, 2.24) is 0 Å². The predicted molar refractivity (Wildman–Crippen MR) is 55.7 cm³/mol. The Morgan fingerprint density at radius 3 is 2.35 bits per heavy atom. The molecule has 0 amide bonds. The van der Waals surface area contributed by atoms with E-state index in [1.54, 1.807) is 0 Å². The van der Waals surface area contributed by atoms with Gasteiger partial charge in [0.25, 0.3) is 0 Å². The molecule has 1 aromatic rings. The molecule has 0 aliphatic heterocycles. The highest BCUT2D eigenvalue weighted by Crippen LogP contribution is 2.41. The van der Waals surface area contributed by atoms with E-state index in [-0.39, 0.29) is 11.5 Å². The highest BCUT2D eigenvalue weighted by molar-refractivity contribution is 5.33. The zero-order valence-corrected chi connectivity index (χ0v) is 9.10. The molecule has 94 valence electrons. The molecule has 0 heterocycles. The molecule has 1 aliphatic carbocycles. The van der Waals surface area contributed by atoms with Crippen molar-refractivity contribution in [2.75, 3.05) is 0 Å². The lowest BCUT2D eigenvalue weighted by Gasteiger charge is -2.32. The van der Waals surface area contributed by atoms with Gasteiger partial charge in [-0.3, -0.25) is 0 Å². The van der Waals surface area contributed by atoms with Crippen LogP contribution in [-0.2, 0) is 6.18 Å². The number of rotatable bonds is 2. The van der Waals surface area contributed by atoms with Gasteiger partial charge in [-0.05, 0) is 42.5 Å². The van der Waals surface area contributed by atoms with Gasteiger partial charge in [-0.1, -0.05) is 6.42 Å². The SMILES string of the molecule is N[C@H](c1cc(F)ccc1C(F)(F)F)C1CCC1. The van der Waals surface area contributed by atoms with Crippen molar-refractivity contribution in [3.05, 3.63) is 35.1 Å². The van der Waals surface area contributed by atoms with Gasteiger partial charge in [-0.15, -0.1) is 0 Å². The van der Waals surface area contributed by atoms with E-state index < -0.39 is 23.6 Å². The van der Waals surface area contributed by atoms with Gasteiger partial charge in [0.2, 0.25) is 0 Å². The molecule has 5 heteroatoms. The van der Waals surface area contributed by atoms with Gasteiger partial charge in [0.15, 0.2) is 0 Å². The van der Waals surface area contributed by atoms with E-state index >= 15 is 0 Å². The van der Waals surface area contributed by atoms with Gasteiger partial charge in [0, 0.05) is 6.04 Å². The van der Waals surface area contributed by atoms with Crippen LogP contribution in [0.4, 0.5) is 17.6 Å². The monoisotopic (exact) mass is 247 g/mol. The van der Waals surface area contributed by atoms with E-state index in [4.69, 9.17) is 5.73 Å². The molecule has 1 aliphatic rings. The third-order valence-electron chi connectivity index (χ3n) is 3.34. The fraction of sp³-hybridized carbons (Fsp3) is 0.500. The second-order valence-electron chi connectivity index (χ2n) is 4.45. The highest BCUT2D eigenvalue weighted by atomic mass is 19.4. The summed E-state index contributed by atoms with van der Waals surface area (Å²) in [5, 5.41) is 0. The molecule has 1 fully saturated rings. The number of halogens is 4. The second kappa shape index (κ2) is 4.29. The minimum absolute atomic E-state index is 0.0397. The molecular formula is C12H13F4N. The molecule has 0 spiro atoms. The maximum atomic E-state index is 13.1. The van der Waals surface area contributed by atoms with Crippen LogP contribution in [0, 0.1) is 11.7 Å². The largest absolute Gasteiger partial charge is 0.416 e. The number of nitrogens with two attached hydrogens (primary N) is 1. The Balaban J connectivity index is 2.39. The molecule has 17 heavy (non-hydrogen) atoms. The number of hydrogen-bond acceptors (Lipinski definition) is 1. The van der Waals surface area contributed by atoms with Gasteiger partial charge in [0.05, 0.1) is 5.56 Å². The predicted octanol–water partition coefficient (Wildman–Crippen LogP) is 3.64. The fourth-order valence-electron chi connectivity index (χ4n) is 2.12. The van der Waals surface area contributed by atoms with Crippen LogP contribution in [0.25, 0.3) is 0 Å². The zero-order valence-electron chi connectivity index (χ0n) is 9.10. The Morgan fingerprint density at radius 2 is 1.88 bits per heavy atom. The Morgan fingerprint density at radius 1 is 1.24 bits per heavy atom. The van der Waals surface area contributed by atoms with E-state index in [2.05, 4.69) is 0 Å². The van der Waals surface area contributed by atoms with Crippen LogP contribution in [0.3, 0.4) is 0 Å². The molecule has 2 N–H and O–H groups in total. The van der Waals surface area contributed by atoms with Gasteiger partial charge < -0.3 is 5.73 Å². The van der Waals surface area contributed by atoms with Crippen molar-refractivity contribution in [1.29, 1.82) is 0 Å². The molecule has 0 radical (unpaired) electrons. The van der Waals surface area contributed by atoms with Crippen molar-refractivity contribution in [2.24, 2.45) is 11.7 Å². The van der Waals surface area contributed by atoms with Crippen LogP contribution in [0.5, 0.6) is 0 Å². The lowest BCUT2D eigenvalue weighted by Crippen LogP contribution is -2.29. The van der Waals surface area contributed by atoms with Gasteiger partial charge in [-0.25, -0.2) is 4.39 Å². The first-order chi connectivity index (χ1) is 7.89. The molecule has 0 unspecified atom stereocenters. The van der Waals surface area contributed by atoms with Crippen LogP contribution in [0.1, 0.15) is 36.4 Å². The summed E-state index contributed by atoms with van der Waals surface area (Å²) < 4.78 is 51.3. The maximum absolute atomic E-state index is 13.1. The van der Waals surface area contributed by atoms with E-state index in [0.29, 0.717) is 0 Å². The molecule has 1 atom stereocenters. The Kier molecular flexibility index (Phi) is 3.12. The topological polar surface area (TPSA) is 26.0 Å².